The molecule has 0 aliphatic heterocycles. The molecule has 12 aromatic rings. The minimum atomic E-state index is 0.878. The Morgan fingerprint density at radius 2 is 0.726 bits per heavy atom. The molecular formula is C60H39NO. The van der Waals surface area contributed by atoms with Gasteiger partial charge in [-0.1, -0.05) is 188 Å². The Balaban J connectivity index is 1.04. The van der Waals surface area contributed by atoms with E-state index in [2.05, 4.69) is 241 Å². The Morgan fingerprint density at radius 3 is 1.32 bits per heavy atom. The molecule has 0 atom stereocenters. The molecule has 0 saturated carbocycles. The van der Waals surface area contributed by atoms with Gasteiger partial charge in [-0.25, -0.2) is 0 Å². The normalized spacial score (nSPS) is 11.5. The molecule has 2 nitrogen and oxygen atoms in total. The van der Waals surface area contributed by atoms with Crippen LogP contribution in [0.3, 0.4) is 0 Å². The predicted molar refractivity (Wildman–Crippen MR) is 263 cm³/mol. The second kappa shape index (κ2) is 14.8. The van der Waals surface area contributed by atoms with Crippen LogP contribution >= 0.6 is 0 Å². The number of furan rings is 1. The van der Waals surface area contributed by atoms with Crippen molar-refractivity contribution in [1.29, 1.82) is 0 Å². The van der Waals surface area contributed by atoms with Crippen molar-refractivity contribution in [3.8, 4) is 44.5 Å². The fourth-order valence-corrected chi connectivity index (χ4v) is 9.48. The van der Waals surface area contributed by atoms with E-state index in [1.54, 1.807) is 0 Å². The topological polar surface area (TPSA) is 16.4 Å². The summed E-state index contributed by atoms with van der Waals surface area (Å²) in [6.07, 6.45) is 0. The van der Waals surface area contributed by atoms with Gasteiger partial charge in [0.2, 0.25) is 0 Å². The summed E-state index contributed by atoms with van der Waals surface area (Å²) < 4.78 is 6.97. The van der Waals surface area contributed by atoms with Crippen LogP contribution in [0.25, 0.3) is 98.8 Å². The van der Waals surface area contributed by atoms with Crippen LogP contribution < -0.4 is 4.90 Å². The summed E-state index contributed by atoms with van der Waals surface area (Å²) in [5.74, 6) is 0. The van der Waals surface area contributed by atoms with Gasteiger partial charge in [0.25, 0.3) is 0 Å². The van der Waals surface area contributed by atoms with Crippen molar-refractivity contribution in [3.63, 3.8) is 0 Å². The van der Waals surface area contributed by atoms with E-state index in [1.165, 1.54) is 60.3 Å². The molecular weight excluding hydrogens is 751 g/mol. The highest BCUT2D eigenvalue weighted by Gasteiger charge is 2.21. The van der Waals surface area contributed by atoms with Crippen LogP contribution in [-0.4, -0.2) is 0 Å². The predicted octanol–water partition coefficient (Wildman–Crippen LogP) is 17.2. The van der Waals surface area contributed by atoms with E-state index in [0.29, 0.717) is 0 Å². The third-order valence-electron chi connectivity index (χ3n) is 12.5. The zero-order valence-electron chi connectivity index (χ0n) is 33.9. The minimum Gasteiger partial charge on any atom is -0.455 e. The highest BCUT2D eigenvalue weighted by Crippen LogP contribution is 2.46. The van der Waals surface area contributed by atoms with Gasteiger partial charge >= 0.3 is 0 Å². The molecule has 1 aromatic heterocycles. The first-order chi connectivity index (χ1) is 30.7. The first-order valence-corrected chi connectivity index (χ1v) is 21.2. The zero-order chi connectivity index (χ0) is 41.0. The van der Waals surface area contributed by atoms with Crippen LogP contribution in [0.5, 0.6) is 0 Å². The lowest BCUT2D eigenvalue weighted by molar-refractivity contribution is 0.673. The lowest BCUT2D eigenvalue weighted by Crippen LogP contribution is -2.09. The highest BCUT2D eigenvalue weighted by atomic mass is 16.3. The fourth-order valence-electron chi connectivity index (χ4n) is 9.48. The van der Waals surface area contributed by atoms with E-state index < -0.39 is 0 Å². The molecule has 0 bridgehead atoms. The Kier molecular flexibility index (Phi) is 8.53. The highest BCUT2D eigenvalue weighted by molar-refractivity contribution is 6.30. The van der Waals surface area contributed by atoms with Gasteiger partial charge in [0.1, 0.15) is 11.2 Å². The smallest absolute Gasteiger partial charge is 0.143 e. The van der Waals surface area contributed by atoms with Gasteiger partial charge in [0.05, 0.1) is 0 Å². The molecule has 1 heterocycles. The van der Waals surface area contributed by atoms with Crippen molar-refractivity contribution in [2.24, 2.45) is 0 Å². The summed E-state index contributed by atoms with van der Waals surface area (Å²) in [6, 6.07) is 85.3. The number of fused-ring (bicyclic) bond motifs is 9. The maximum absolute atomic E-state index is 6.97. The van der Waals surface area contributed by atoms with Gasteiger partial charge in [0.15, 0.2) is 0 Å². The number of hydrogen-bond donors (Lipinski definition) is 0. The van der Waals surface area contributed by atoms with Crippen molar-refractivity contribution < 1.29 is 4.42 Å². The average molecular weight is 790 g/mol. The molecule has 2 heteroatoms. The molecule has 0 spiro atoms. The van der Waals surface area contributed by atoms with Gasteiger partial charge in [-0.15, -0.1) is 0 Å². The molecule has 0 fully saturated rings. The molecule has 0 aliphatic rings. The second-order valence-corrected chi connectivity index (χ2v) is 16.0. The molecule has 12 rings (SSSR count). The molecule has 0 saturated heterocycles. The first-order valence-electron chi connectivity index (χ1n) is 21.2. The van der Waals surface area contributed by atoms with E-state index in [0.717, 1.165) is 55.5 Å². The summed E-state index contributed by atoms with van der Waals surface area (Å²) in [5, 5.41) is 9.48. The molecule has 0 radical (unpaired) electrons. The number of anilines is 3. The molecule has 0 N–H and O–H groups in total. The second-order valence-electron chi connectivity index (χ2n) is 16.0. The van der Waals surface area contributed by atoms with Crippen LogP contribution in [0.15, 0.2) is 241 Å². The van der Waals surface area contributed by atoms with Crippen molar-refractivity contribution in [3.05, 3.63) is 237 Å². The number of benzene rings is 11. The van der Waals surface area contributed by atoms with E-state index in [1.807, 2.05) is 0 Å². The molecule has 62 heavy (non-hydrogen) atoms. The van der Waals surface area contributed by atoms with E-state index in [-0.39, 0.29) is 0 Å². The van der Waals surface area contributed by atoms with Gasteiger partial charge in [-0.2, -0.15) is 0 Å². The third kappa shape index (κ3) is 6.04. The van der Waals surface area contributed by atoms with Gasteiger partial charge < -0.3 is 9.32 Å². The van der Waals surface area contributed by atoms with Crippen molar-refractivity contribution in [2.75, 3.05) is 4.90 Å². The maximum atomic E-state index is 6.97. The van der Waals surface area contributed by atoms with Gasteiger partial charge in [-0.3, -0.25) is 0 Å². The number of hydrogen-bond acceptors (Lipinski definition) is 2. The molecule has 11 aromatic carbocycles. The van der Waals surface area contributed by atoms with E-state index in [4.69, 9.17) is 4.42 Å². The maximum Gasteiger partial charge on any atom is 0.143 e. The Labute approximate surface area is 360 Å². The Bertz CT molecular complexity index is 3500. The zero-order valence-corrected chi connectivity index (χ0v) is 33.9. The molecule has 0 aliphatic carbocycles. The Morgan fingerprint density at radius 1 is 0.274 bits per heavy atom. The first kappa shape index (κ1) is 35.7. The minimum absolute atomic E-state index is 0.878. The number of rotatable bonds is 7. The number of nitrogens with zero attached hydrogens (tertiary/aromatic N) is 1. The van der Waals surface area contributed by atoms with Crippen LogP contribution in [-0.2, 0) is 0 Å². The van der Waals surface area contributed by atoms with Crippen molar-refractivity contribution in [1.82, 2.24) is 0 Å². The standard InChI is InChI=1S/C60H39NO/c1-3-14-40(15-4-1)42-26-32-46(33-27-42)61(47-34-28-43(29-35-47)41-16-5-2-6-17-41)48-36-30-45(31-37-48)55-39-58-57(38-56(55)50-25-13-19-44-18-7-8-20-49(44)50)59-53-23-11-9-21-51(53)52-22-10-12-24-54(52)60(59)62-58/h1-39H. The quantitative estimate of drug-likeness (QED) is 0.150. The fraction of sp³-hybridized carbons (Fsp3) is 0. The molecule has 0 amide bonds. The largest absolute Gasteiger partial charge is 0.455 e. The summed E-state index contributed by atoms with van der Waals surface area (Å²) in [5.41, 5.74) is 14.4. The monoisotopic (exact) mass is 789 g/mol. The van der Waals surface area contributed by atoms with Crippen LogP contribution in [0.4, 0.5) is 17.1 Å². The van der Waals surface area contributed by atoms with Crippen LogP contribution in [0.1, 0.15) is 0 Å². The van der Waals surface area contributed by atoms with E-state index >= 15 is 0 Å². The van der Waals surface area contributed by atoms with Gasteiger partial charge in [-0.05, 0) is 120 Å². The lowest BCUT2D eigenvalue weighted by Gasteiger charge is -2.26. The van der Waals surface area contributed by atoms with Crippen molar-refractivity contribution >= 4 is 71.3 Å². The lowest BCUT2D eigenvalue weighted by atomic mass is 9.89. The SMILES string of the molecule is c1ccc(-c2ccc(N(c3ccc(-c4ccccc4)cc3)c3ccc(-c4cc5oc6c7ccccc7c7ccccc7c6c5cc4-c4cccc5ccccc45)cc3)cc2)cc1. The van der Waals surface area contributed by atoms with Crippen LogP contribution in [0, 0.1) is 0 Å². The van der Waals surface area contributed by atoms with Gasteiger partial charge in [0, 0.05) is 33.2 Å². The summed E-state index contributed by atoms with van der Waals surface area (Å²) in [4.78, 5) is 2.34. The molecule has 0 unspecified atom stereocenters. The van der Waals surface area contributed by atoms with Crippen LogP contribution in [0.2, 0.25) is 0 Å². The van der Waals surface area contributed by atoms with E-state index in [9.17, 15) is 0 Å². The summed E-state index contributed by atoms with van der Waals surface area (Å²) >= 11 is 0. The third-order valence-corrected chi connectivity index (χ3v) is 12.5. The van der Waals surface area contributed by atoms with Crippen molar-refractivity contribution in [2.45, 2.75) is 0 Å². The Hall–Kier alpha value is -8.20. The summed E-state index contributed by atoms with van der Waals surface area (Å²) in [7, 11) is 0. The summed E-state index contributed by atoms with van der Waals surface area (Å²) in [6.45, 7) is 0. The average Bonchev–Trinajstić information content (AvgIpc) is 3.74. The molecule has 290 valence electrons.